The molecule has 244 valence electrons. The first-order valence-electron chi connectivity index (χ1n) is 14.6. The van der Waals surface area contributed by atoms with E-state index >= 15 is 0 Å². The minimum absolute atomic E-state index is 0.0670. The second kappa shape index (κ2) is 17.5. The van der Waals surface area contributed by atoms with E-state index in [0.717, 1.165) is 11.8 Å². The maximum Gasteiger partial charge on any atom is 0.305 e. The summed E-state index contributed by atoms with van der Waals surface area (Å²) in [5.74, 6) is -4.08. The van der Waals surface area contributed by atoms with Crippen LogP contribution in [0.15, 0.2) is 66.7 Å². The molecule has 0 aliphatic carbocycles. The Labute approximate surface area is 276 Å². The van der Waals surface area contributed by atoms with E-state index in [1.807, 2.05) is 0 Å². The molecule has 2 unspecified atom stereocenters. The van der Waals surface area contributed by atoms with Gasteiger partial charge in [-0.15, -0.1) is 11.8 Å². The largest absolute Gasteiger partial charge is 0.494 e. The van der Waals surface area contributed by atoms with Crippen LogP contribution >= 0.6 is 23.4 Å². The van der Waals surface area contributed by atoms with Crippen LogP contribution in [-0.4, -0.2) is 58.9 Å². The summed E-state index contributed by atoms with van der Waals surface area (Å²) >= 11 is 7.08. The van der Waals surface area contributed by atoms with Crippen LogP contribution in [-0.2, 0) is 31.4 Å². The summed E-state index contributed by atoms with van der Waals surface area (Å²) in [6.07, 6.45) is -0.890. The van der Waals surface area contributed by atoms with Crippen LogP contribution in [0.1, 0.15) is 54.2 Å². The number of ketones is 2. The fraction of sp³-hybridized carbons (Fsp3) is 0.324. The predicted octanol–water partition coefficient (Wildman–Crippen LogP) is 5.25. The number of benzene rings is 3. The van der Waals surface area contributed by atoms with Gasteiger partial charge >= 0.3 is 5.97 Å². The summed E-state index contributed by atoms with van der Waals surface area (Å²) in [5, 5.41) is 14.8. The molecule has 2 amide bonds. The molecule has 0 heterocycles. The molecular weight excluding hydrogens is 635 g/mol. The van der Waals surface area contributed by atoms with Gasteiger partial charge in [-0.3, -0.25) is 24.0 Å². The maximum atomic E-state index is 14.1. The highest BCUT2D eigenvalue weighted by Gasteiger charge is 2.30. The number of thioether (sulfide) groups is 1. The fourth-order valence-corrected chi connectivity index (χ4v) is 5.86. The number of ether oxygens (including phenoxy) is 1. The van der Waals surface area contributed by atoms with E-state index in [1.54, 1.807) is 69.3 Å². The van der Waals surface area contributed by atoms with E-state index in [0.29, 0.717) is 29.0 Å². The lowest BCUT2D eigenvalue weighted by atomic mass is 9.98. The predicted molar refractivity (Wildman–Crippen MR) is 175 cm³/mol. The Morgan fingerprint density at radius 3 is 2.30 bits per heavy atom. The second-order valence-corrected chi connectivity index (χ2v) is 12.1. The SMILES string of the molecule is CCOc1ccc(C(=O)c2ccccc2)cc1CC(=O)NC(C(=O)NC(CC(=O)O)C(=O)CSCc1c(F)cccc1Cl)C(C)C. The van der Waals surface area contributed by atoms with Gasteiger partial charge in [-0.25, -0.2) is 4.39 Å². The van der Waals surface area contributed by atoms with E-state index in [4.69, 9.17) is 16.3 Å². The molecule has 0 aromatic heterocycles. The Balaban J connectivity index is 1.70. The number of carboxylic acids is 1. The van der Waals surface area contributed by atoms with Crippen molar-refractivity contribution in [1.29, 1.82) is 0 Å². The van der Waals surface area contributed by atoms with E-state index in [1.165, 1.54) is 18.2 Å². The summed E-state index contributed by atoms with van der Waals surface area (Å²) in [5.41, 5.74) is 1.50. The standard InChI is InChI=1S/C34H36ClFN2O7S/c1-4-45-29-14-13-22(33(43)21-9-6-5-7-10-21)15-23(29)16-30(40)38-32(20(2)3)34(44)37-27(17-31(41)42)28(39)19-46-18-24-25(35)11-8-12-26(24)36/h5-15,20,27,32H,4,16-19H2,1-3H3,(H,37,44)(H,38,40)(H,41,42). The van der Waals surface area contributed by atoms with Crippen LogP contribution in [0.3, 0.4) is 0 Å². The Morgan fingerprint density at radius 2 is 1.67 bits per heavy atom. The van der Waals surface area contributed by atoms with E-state index in [9.17, 15) is 33.5 Å². The summed E-state index contributed by atoms with van der Waals surface area (Å²) in [7, 11) is 0. The zero-order chi connectivity index (χ0) is 33.8. The lowest BCUT2D eigenvalue weighted by Crippen LogP contribution is -2.54. The molecule has 0 bridgehead atoms. The number of nitrogens with one attached hydrogen (secondary N) is 2. The number of halogens is 2. The van der Waals surface area contributed by atoms with E-state index < -0.39 is 53.8 Å². The van der Waals surface area contributed by atoms with Crippen molar-refractivity contribution in [3.63, 3.8) is 0 Å². The van der Waals surface area contributed by atoms with Gasteiger partial charge in [-0.1, -0.05) is 61.8 Å². The molecule has 12 heteroatoms. The van der Waals surface area contributed by atoms with Gasteiger partial charge in [-0.05, 0) is 43.2 Å². The molecule has 0 radical (unpaired) electrons. The first kappa shape index (κ1) is 36.3. The van der Waals surface area contributed by atoms with Crippen LogP contribution in [0.4, 0.5) is 4.39 Å². The minimum atomic E-state index is -1.38. The molecular formula is C34H36ClFN2O7S. The molecule has 0 aliphatic rings. The molecule has 3 aromatic carbocycles. The second-order valence-electron chi connectivity index (χ2n) is 10.7. The number of carbonyl (C=O) groups excluding carboxylic acids is 4. The Hall–Kier alpha value is -4.22. The van der Waals surface area contributed by atoms with Crippen LogP contribution in [0, 0.1) is 11.7 Å². The van der Waals surface area contributed by atoms with Crippen LogP contribution < -0.4 is 15.4 Å². The van der Waals surface area contributed by atoms with E-state index in [2.05, 4.69) is 10.6 Å². The van der Waals surface area contributed by atoms with Crippen molar-refractivity contribution < 1.29 is 38.2 Å². The highest BCUT2D eigenvalue weighted by atomic mass is 35.5. The molecule has 0 saturated carbocycles. The van der Waals surface area contributed by atoms with E-state index in [-0.39, 0.29) is 34.3 Å². The van der Waals surface area contributed by atoms with Gasteiger partial charge in [0.2, 0.25) is 11.8 Å². The topological polar surface area (TPSA) is 139 Å². The number of amides is 2. The monoisotopic (exact) mass is 670 g/mol. The highest BCUT2D eigenvalue weighted by Crippen LogP contribution is 2.25. The summed E-state index contributed by atoms with van der Waals surface area (Å²) in [6.45, 7) is 5.49. The summed E-state index contributed by atoms with van der Waals surface area (Å²) in [6, 6.07) is 15.3. The third kappa shape index (κ3) is 10.4. The highest BCUT2D eigenvalue weighted by molar-refractivity contribution is 7.99. The number of rotatable bonds is 17. The molecule has 46 heavy (non-hydrogen) atoms. The normalized spacial score (nSPS) is 12.2. The van der Waals surface area contributed by atoms with Crippen molar-refractivity contribution in [2.45, 2.75) is 51.4 Å². The van der Waals surface area contributed by atoms with Gasteiger partial charge in [0, 0.05) is 33.0 Å². The molecule has 0 aliphatic heterocycles. The van der Waals surface area contributed by atoms with Crippen LogP contribution in [0.2, 0.25) is 5.02 Å². The molecule has 3 rings (SSSR count). The summed E-state index contributed by atoms with van der Waals surface area (Å²) < 4.78 is 19.8. The average molecular weight is 671 g/mol. The van der Waals surface area contributed by atoms with Gasteiger partial charge in [-0.2, -0.15) is 0 Å². The number of hydrogen-bond acceptors (Lipinski definition) is 7. The number of carbonyl (C=O) groups is 5. The number of hydrogen-bond donors (Lipinski definition) is 3. The smallest absolute Gasteiger partial charge is 0.305 e. The summed E-state index contributed by atoms with van der Waals surface area (Å²) in [4.78, 5) is 64.1. The van der Waals surface area contributed by atoms with Gasteiger partial charge in [0.1, 0.15) is 17.6 Å². The number of aliphatic carboxylic acids is 1. The van der Waals surface area contributed by atoms with Crippen molar-refractivity contribution in [1.82, 2.24) is 10.6 Å². The number of carboxylic acid groups (broad SMARTS) is 1. The lowest BCUT2D eigenvalue weighted by Gasteiger charge is -2.25. The van der Waals surface area contributed by atoms with Crippen molar-refractivity contribution in [3.8, 4) is 5.75 Å². The van der Waals surface area contributed by atoms with Crippen LogP contribution in [0.5, 0.6) is 5.75 Å². The molecule has 0 spiro atoms. The number of Topliss-reactive ketones (excluding diaryl/α,β-unsaturated/α-hetero) is 1. The first-order valence-corrected chi connectivity index (χ1v) is 16.1. The average Bonchev–Trinajstić information content (AvgIpc) is 3.01. The lowest BCUT2D eigenvalue weighted by molar-refractivity contribution is -0.140. The molecule has 0 fully saturated rings. The molecule has 0 saturated heterocycles. The van der Waals surface area contributed by atoms with Crippen molar-refractivity contribution in [3.05, 3.63) is 99.8 Å². The van der Waals surface area contributed by atoms with Crippen molar-refractivity contribution in [2.24, 2.45) is 5.92 Å². The Kier molecular flexibility index (Phi) is 13.8. The van der Waals surface area contributed by atoms with Crippen molar-refractivity contribution in [2.75, 3.05) is 12.4 Å². The quantitative estimate of drug-likeness (QED) is 0.166. The van der Waals surface area contributed by atoms with Gasteiger partial charge in [0.15, 0.2) is 11.6 Å². The fourth-order valence-electron chi connectivity index (χ4n) is 4.55. The van der Waals surface area contributed by atoms with Crippen molar-refractivity contribution >= 4 is 52.7 Å². The van der Waals surface area contributed by atoms with Crippen LogP contribution in [0.25, 0.3) is 0 Å². The third-order valence-corrected chi connectivity index (χ3v) is 8.25. The molecule has 2 atom stereocenters. The molecule has 9 nitrogen and oxygen atoms in total. The maximum absolute atomic E-state index is 14.1. The Morgan fingerprint density at radius 1 is 0.957 bits per heavy atom. The zero-order valence-electron chi connectivity index (χ0n) is 25.7. The van der Waals surface area contributed by atoms with Gasteiger partial charge < -0.3 is 20.5 Å². The zero-order valence-corrected chi connectivity index (χ0v) is 27.3. The minimum Gasteiger partial charge on any atom is -0.494 e. The third-order valence-electron chi connectivity index (χ3n) is 6.91. The molecule has 3 aromatic rings. The molecule has 3 N–H and O–H groups in total. The van der Waals surface area contributed by atoms with Gasteiger partial charge in [0.05, 0.1) is 31.2 Å². The first-order chi connectivity index (χ1) is 21.9. The Bertz CT molecular complexity index is 1550. The van der Waals surface area contributed by atoms with Gasteiger partial charge in [0.25, 0.3) is 0 Å².